The average Bonchev–Trinajstić information content (AvgIpc) is 2.47. The van der Waals surface area contributed by atoms with Crippen LogP contribution < -0.4 is 0 Å². The lowest BCUT2D eigenvalue weighted by molar-refractivity contribution is -0.0320. The van der Waals surface area contributed by atoms with Gasteiger partial charge in [0.05, 0.1) is 12.2 Å². The number of rotatable bonds is 9. The van der Waals surface area contributed by atoms with Crippen molar-refractivity contribution in [3.05, 3.63) is 42.9 Å². The van der Waals surface area contributed by atoms with E-state index in [1.165, 1.54) is 5.57 Å². The predicted octanol–water partition coefficient (Wildman–Crippen LogP) is 4.59. The van der Waals surface area contributed by atoms with E-state index >= 15 is 0 Å². The maximum Gasteiger partial charge on any atom is 0.0805 e. The monoisotopic (exact) mass is 279 g/mol. The predicted molar refractivity (Wildman–Crippen MR) is 87.6 cm³/mol. The summed E-state index contributed by atoms with van der Waals surface area (Å²) >= 11 is 0. The summed E-state index contributed by atoms with van der Waals surface area (Å²) in [6, 6.07) is 0. The molecule has 0 saturated carbocycles. The highest BCUT2D eigenvalue weighted by Crippen LogP contribution is 2.23. The molecule has 4 unspecified atom stereocenters. The van der Waals surface area contributed by atoms with Gasteiger partial charge in [-0.15, -0.1) is 0 Å². The molecular formula is C18H31O2. The minimum atomic E-state index is 0.0458. The molecule has 0 rings (SSSR count). The molecule has 0 heterocycles. The van der Waals surface area contributed by atoms with E-state index in [0.29, 0.717) is 5.92 Å². The van der Waals surface area contributed by atoms with Crippen molar-refractivity contribution in [3.8, 4) is 0 Å². The number of allylic oxidation sites excluding steroid dienone is 5. The Balaban J connectivity index is 4.73. The summed E-state index contributed by atoms with van der Waals surface area (Å²) in [5.74, 6) is 0.705. The van der Waals surface area contributed by atoms with Crippen LogP contribution in [-0.4, -0.2) is 26.4 Å². The second kappa shape index (κ2) is 10.9. The molecule has 0 spiro atoms. The summed E-state index contributed by atoms with van der Waals surface area (Å²) in [5, 5.41) is 0. The molecule has 0 fully saturated rings. The maximum atomic E-state index is 5.63. The average molecular weight is 279 g/mol. The zero-order valence-electron chi connectivity index (χ0n) is 13.9. The van der Waals surface area contributed by atoms with Gasteiger partial charge in [-0.2, -0.15) is 0 Å². The lowest BCUT2D eigenvalue weighted by Gasteiger charge is -2.31. The second-order valence-corrected chi connectivity index (χ2v) is 5.30. The van der Waals surface area contributed by atoms with Gasteiger partial charge >= 0.3 is 0 Å². The minimum Gasteiger partial charge on any atom is -0.381 e. The Bertz CT molecular complexity index is 328. The van der Waals surface area contributed by atoms with Crippen molar-refractivity contribution in [1.29, 1.82) is 0 Å². The highest BCUT2D eigenvalue weighted by Gasteiger charge is 2.27. The Morgan fingerprint density at radius 2 is 1.80 bits per heavy atom. The van der Waals surface area contributed by atoms with E-state index in [9.17, 15) is 0 Å². The van der Waals surface area contributed by atoms with Gasteiger partial charge in [0, 0.05) is 20.1 Å². The summed E-state index contributed by atoms with van der Waals surface area (Å²) in [5.41, 5.74) is 1.25. The van der Waals surface area contributed by atoms with Gasteiger partial charge in [0.25, 0.3) is 0 Å². The van der Waals surface area contributed by atoms with E-state index in [0.717, 1.165) is 6.42 Å². The van der Waals surface area contributed by atoms with E-state index in [-0.39, 0.29) is 18.1 Å². The number of methoxy groups -OCH3 is 2. The van der Waals surface area contributed by atoms with E-state index in [4.69, 9.17) is 9.47 Å². The molecule has 1 radical (unpaired) electrons. The van der Waals surface area contributed by atoms with Crippen LogP contribution in [0.3, 0.4) is 0 Å². The zero-order valence-corrected chi connectivity index (χ0v) is 13.9. The van der Waals surface area contributed by atoms with Crippen LogP contribution >= 0.6 is 0 Å². The standard InChI is InChI=1S/C18H31O2/c1-8-14(3)12-10-11-13-17(19-6)16(5)18(20-7)15(4)9-2/h8,10-13,15-18H,2,9H2,1,3-7H3/b12-10+,13-11+,14-8+. The Kier molecular flexibility index (Phi) is 10.4. The lowest BCUT2D eigenvalue weighted by Crippen LogP contribution is -2.35. The Hall–Kier alpha value is -0.860. The molecule has 0 aliphatic carbocycles. The topological polar surface area (TPSA) is 18.5 Å². The summed E-state index contributed by atoms with van der Waals surface area (Å²) < 4.78 is 11.2. The van der Waals surface area contributed by atoms with Gasteiger partial charge in [-0.3, -0.25) is 0 Å². The molecule has 0 aromatic heterocycles. The van der Waals surface area contributed by atoms with Crippen LogP contribution in [0.4, 0.5) is 0 Å². The fourth-order valence-electron chi connectivity index (χ4n) is 2.26. The maximum absolute atomic E-state index is 5.63. The molecule has 0 aromatic rings. The zero-order chi connectivity index (χ0) is 15.5. The lowest BCUT2D eigenvalue weighted by atomic mass is 9.87. The third-order valence-corrected chi connectivity index (χ3v) is 3.82. The molecule has 0 amide bonds. The fourth-order valence-corrected chi connectivity index (χ4v) is 2.26. The van der Waals surface area contributed by atoms with Crippen LogP contribution in [0.2, 0.25) is 0 Å². The highest BCUT2D eigenvalue weighted by atomic mass is 16.5. The summed E-state index contributed by atoms with van der Waals surface area (Å²) in [6.45, 7) is 12.4. The van der Waals surface area contributed by atoms with E-state index in [2.05, 4.69) is 45.9 Å². The molecule has 115 valence electrons. The Morgan fingerprint density at radius 3 is 2.25 bits per heavy atom. The van der Waals surface area contributed by atoms with Gasteiger partial charge < -0.3 is 9.47 Å². The Morgan fingerprint density at radius 1 is 1.15 bits per heavy atom. The van der Waals surface area contributed by atoms with Gasteiger partial charge in [0.15, 0.2) is 0 Å². The molecule has 0 aromatic carbocycles. The first-order chi connectivity index (χ1) is 9.51. The summed E-state index contributed by atoms with van der Waals surface area (Å²) in [4.78, 5) is 0. The van der Waals surface area contributed by atoms with Gasteiger partial charge in [-0.1, -0.05) is 56.7 Å². The van der Waals surface area contributed by atoms with Crippen molar-refractivity contribution in [1.82, 2.24) is 0 Å². The normalized spacial score (nSPS) is 19.4. The van der Waals surface area contributed by atoms with Gasteiger partial charge in [0.2, 0.25) is 0 Å². The SMILES string of the molecule is [CH2]CC(C)C(OC)C(C)C(/C=C/C=C/C(C)=C/C)OC. The largest absolute Gasteiger partial charge is 0.381 e. The number of hydrogen-bond acceptors (Lipinski definition) is 2. The highest BCUT2D eigenvalue weighted by molar-refractivity contribution is 5.20. The number of hydrogen-bond donors (Lipinski definition) is 0. The third-order valence-electron chi connectivity index (χ3n) is 3.82. The van der Waals surface area contributed by atoms with Crippen LogP contribution in [0.25, 0.3) is 0 Å². The third kappa shape index (κ3) is 6.53. The minimum absolute atomic E-state index is 0.0458. The molecule has 0 N–H and O–H groups in total. The molecule has 0 aliphatic heterocycles. The Labute approximate surface area is 125 Å². The quantitative estimate of drug-likeness (QED) is 0.575. The van der Waals surface area contributed by atoms with E-state index in [1.807, 2.05) is 19.1 Å². The van der Waals surface area contributed by atoms with Gasteiger partial charge in [-0.05, 0) is 26.2 Å². The number of ether oxygens (including phenoxy) is 2. The van der Waals surface area contributed by atoms with Crippen LogP contribution in [0.1, 0.15) is 34.1 Å². The molecule has 0 bridgehead atoms. The molecule has 4 atom stereocenters. The summed E-state index contributed by atoms with van der Waals surface area (Å²) in [7, 11) is 3.51. The van der Waals surface area contributed by atoms with Gasteiger partial charge in [-0.25, -0.2) is 0 Å². The van der Waals surface area contributed by atoms with Crippen molar-refractivity contribution in [3.63, 3.8) is 0 Å². The molecule has 0 aliphatic rings. The van der Waals surface area contributed by atoms with Crippen molar-refractivity contribution in [2.24, 2.45) is 11.8 Å². The first kappa shape index (κ1) is 19.1. The van der Waals surface area contributed by atoms with E-state index in [1.54, 1.807) is 14.2 Å². The van der Waals surface area contributed by atoms with Crippen molar-refractivity contribution >= 4 is 0 Å². The molecule has 2 heteroatoms. The molecule has 20 heavy (non-hydrogen) atoms. The first-order valence-electron chi connectivity index (χ1n) is 7.34. The molecular weight excluding hydrogens is 248 g/mol. The fraction of sp³-hybridized carbons (Fsp3) is 0.611. The molecule has 2 nitrogen and oxygen atoms in total. The van der Waals surface area contributed by atoms with Crippen molar-refractivity contribution < 1.29 is 9.47 Å². The van der Waals surface area contributed by atoms with Crippen LogP contribution in [0.15, 0.2) is 36.0 Å². The smallest absolute Gasteiger partial charge is 0.0805 e. The first-order valence-corrected chi connectivity index (χ1v) is 7.34. The van der Waals surface area contributed by atoms with Crippen LogP contribution in [0.5, 0.6) is 0 Å². The van der Waals surface area contributed by atoms with Crippen LogP contribution in [0, 0.1) is 18.8 Å². The second-order valence-electron chi connectivity index (χ2n) is 5.30. The van der Waals surface area contributed by atoms with E-state index < -0.39 is 0 Å². The summed E-state index contributed by atoms with van der Waals surface area (Å²) in [6.07, 6.45) is 11.4. The molecule has 0 saturated heterocycles. The van der Waals surface area contributed by atoms with Crippen molar-refractivity contribution in [2.75, 3.05) is 14.2 Å². The van der Waals surface area contributed by atoms with Crippen molar-refractivity contribution in [2.45, 2.75) is 46.3 Å². The van der Waals surface area contributed by atoms with Crippen LogP contribution in [-0.2, 0) is 9.47 Å². The van der Waals surface area contributed by atoms with Gasteiger partial charge in [0.1, 0.15) is 0 Å².